The van der Waals surface area contributed by atoms with Gasteiger partial charge in [0, 0.05) is 29.2 Å². The van der Waals surface area contributed by atoms with Crippen LogP contribution in [0.2, 0.25) is 0 Å². The third-order valence-corrected chi connectivity index (χ3v) is 5.21. The summed E-state index contributed by atoms with van der Waals surface area (Å²) in [5.74, 6) is 0.754. The summed E-state index contributed by atoms with van der Waals surface area (Å²) in [5, 5.41) is 14.3. The van der Waals surface area contributed by atoms with Crippen LogP contribution in [0.1, 0.15) is 51.0 Å². The van der Waals surface area contributed by atoms with Crippen molar-refractivity contribution in [2.45, 2.75) is 58.0 Å². The molecule has 1 aromatic carbocycles. The Labute approximate surface area is 134 Å². The van der Waals surface area contributed by atoms with Crippen LogP contribution in [0, 0.1) is 16.0 Å². The number of nitro groups is 1. The lowest BCUT2D eigenvalue weighted by Crippen LogP contribution is -2.33. The molecule has 0 aliphatic heterocycles. The number of nitrogens with one attached hydrogen (secondary N) is 1. The number of rotatable bonds is 5. The zero-order valence-corrected chi connectivity index (χ0v) is 14.1. The monoisotopic (exact) mass is 354 g/mol. The van der Waals surface area contributed by atoms with E-state index in [1.165, 1.54) is 38.5 Å². The Morgan fingerprint density at radius 1 is 1.33 bits per heavy atom. The van der Waals surface area contributed by atoms with E-state index < -0.39 is 0 Å². The van der Waals surface area contributed by atoms with Gasteiger partial charge in [0.25, 0.3) is 5.69 Å². The van der Waals surface area contributed by atoms with Crippen LogP contribution >= 0.6 is 15.9 Å². The minimum absolute atomic E-state index is 0.127. The van der Waals surface area contributed by atoms with E-state index in [1.54, 1.807) is 12.1 Å². The summed E-state index contributed by atoms with van der Waals surface area (Å²) < 4.78 is 0.803. The molecule has 0 bridgehead atoms. The molecule has 2 rings (SSSR count). The van der Waals surface area contributed by atoms with Gasteiger partial charge in [0.1, 0.15) is 0 Å². The van der Waals surface area contributed by atoms with Gasteiger partial charge in [0.15, 0.2) is 0 Å². The summed E-state index contributed by atoms with van der Waals surface area (Å²) in [4.78, 5) is 10.4. The van der Waals surface area contributed by atoms with Gasteiger partial charge in [-0.3, -0.25) is 10.1 Å². The van der Waals surface area contributed by atoms with Gasteiger partial charge >= 0.3 is 0 Å². The summed E-state index contributed by atoms with van der Waals surface area (Å²) >= 11 is 3.43. The summed E-state index contributed by atoms with van der Waals surface area (Å²) in [6, 6.07) is 5.46. The topological polar surface area (TPSA) is 55.2 Å². The van der Waals surface area contributed by atoms with Gasteiger partial charge in [0.2, 0.25) is 0 Å². The normalized spacial score (nSPS) is 18.2. The molecule has 4 nitrogen and oxygen atoms in total. The predicted molar refractivity (Wildman–Crippen MR) is 88.3 cm³/mol. The molecule has 0 spiro atoms. The fourth-order valence-electron chi connectivity index (χ4n) is 3.04. The Kier molecular flexibility index (Phi) is 6.18. The van der Waals surface area contributed by atoms with E-state index in [4.69, 9.17) is 0 Å². The van der Waals surface area contributed by atoms with E-state index in [-0.39, 0.29) is 10.6 Å². The number of hydrogen-bond acceptors (Lipinski definition) is 3. The molecular formula is C16H23BrN2O2. The summed E-state index contributed by atoms with van der Waals surface area (Å²) in [5.41, 5.74) is 1.20. The second-order valence-electron chi connectivity index (χ2n) is 5.95. The first-order chi connectivity index (χ1) is 10.1. The third kappa shape index (κ3) is 4.78. The maximum absolute atomic E-state index is 10.7. The lowest BCUT2D eigenvalue weighted by molar-refractivity contribution is -0.384. The summed E-state index contributed by atoms with van der Waals surface area (Å²) in [6.07, 6.45) is 8.06. The Morgan fingerprint density at radius 3 is 2.57 bits per heavy atom. The molecule has 0 amide bonds. The predicted octanol–water partition coefficient (Wildman–Crippen LogP) is 4.81. The fraction of sp³-hybridized carbons (Fsp3) is 0.625. The van der Waals surface area contributed by atoms with Crippen LogP contribution in [0.15, 0.2) is 22.7 Å². The maximum Gasteiger partial charge on any atom is 0.270 e. The van der Waals surface area contributed by atoms with Crippen molar-refractivity contribution in [3.8, 4) is 0 Å². The molecule has 1 atom stereocenters. The molecule has 1 N–H and O–H groups in total. The van der Waals surface area contributed by atoms with E-state index in [1.807, 2.05) is 6.07 Å². The Hall–Kier alpha value is -0.940. The molecule has 116 valence electrons. The fourth-order valence-corrected chi connectivity index (χ4v) is 3.55. The van der Waals surface area contributed by atoms with Crippen LogP contribution in [0.25, 0.3) is 0 Å². The molecule has 0 saturated heterocycles. The highest BCUT2D eigenvalue weighted by Crippen LogP contribution is 2.27. The number of hydrogen-bond donors (Lipinski definition) is 1. The van der Waals surface area contributed by atoms with Crippen LogP contribution in [0.4, 0.5) is 5.69 Å². The Bertz CT molecular complexity index is 485. The van der Waals surface area contributed by atoms with Gasteiger partial charge in [-0.25, -0.2) is 0 Å². The van der Waals surface area contributed by atoms with Crippen molar-refractivity contribution in [2.75, 3.05) is 0 Å². The Morgan fingerprint density at radius 2 is 2.00 bits per heavy atom. The molecule has 1 aliphatic rings. The third-order valence-electron chi connectivity index (χ3n) is 4.47. The molecule has 5 heteroatoms. The maximum atomic E-state index is 10.7. The molecular weight excluding hydrogens is 332 g/mol. The minimum atomic E-state index is -0.365. The van der Waals surface area contributed by atoms with E-state index in [9.17, 15) is 10.1 Å². The van der Waals surface area contributed by atoms with Gasteiger partial charge in [0.05, 0.1) is 4.92 Å². The molecule has 1 fully saturated rings. The van der Waals surface area contributed by atoms with Gasteiger partial charge in [-0.1, -0.05) is 41.6 Å². The van der Waals surface area contributed by atoms with Crippen LogP contribution in [0.3, 0.4) is 0 Å². The van der Waals surface area contributed by atoms with Crippen LogP contribution in [-0.4, -0.2) is 11.0 Å². The van der Waals surface area contributed by atoms with Gasteiger partial charge in [-0.2, -0.15) is 0 Å². The molecule has 1 aromatic rings. The van der Waals surface area contributed by atoms with Crippen LogP contribution in [-0.2, 0) is 6.54 Å². The van der Waals surface area contributed by atoms with Crippen molar-refractivity contribution in [2.24, 2.45) is 5.92 Å². The number of non-ortho nitro benzene ring substituents is 1. The van der Waals surface area contributed by atoms with Crippen molar-refractivity contribution < 1.29 is 4.92 Å². The van der Waals surface area contributed by atoms with Crippen LogP contribution in [0.5, 0.6) is 0 Å². The second-order valence-corrected chi connectivity index (χ2v) is 6.81. The SMILES string of the molecule is C[C@H](NCc1ccc([N+](=O)[O-])cc1Br)C1CCCCCC1. The average Bonchev–Trinajstić information content (AvgIpc) is 2.74. The van der Waals surface area contributed by atoms with E-state index in [2.05, 4.69) is 28.2 Å². The van der Waals surface area contributed by atoms with Crippen molar-refractivity contribution in [1.29, 1.82) is 0 Å². The lowest BCUT2D eigenvalue weighted by atomic mass is 9.93. The first kappa shape index (κ1) is 16.4. The number of halogens is 1. The lowest BCUT2D eigenvalue weighted by Gasteiger charge is -2.24. The van der Waals surface area contributed by atoms with Crippen molar-refractivity contribution in [3.05, 3.63) is 38.3 Å². The van der Waals surface area contributed by atoms with Crippen molar-refractivity contribution >= 4 is 21.6 Å². The number of nitrogens with zero attached hydrogens (tertiary/aromatic N) is 1. The molecule has 1 aliphatic carbocycles. The smallest absolute Gasteiger partial charge is 0.270 e. The zero-order chi connectivity index (χ0) is 15.2. The van der Waals surface area contributed by atoms with Crippen molar-refractivity contribution in [3.63, 3.8) is 0 Å². The number of nitro benzene ring substituents is 1. The van der Waals surface area contributed by atoms with Gasteiger partial charge in [-0.15, -0.1) is 0 Å². The van der Waals surface area contributed by atoms with Crippen molar-refractivity contribution in [1.82, 2.24) is 5.32 Å². The van der Waals surface area contributed by atoms with E-state index >= 15 is 0 Å². The summed E-state index contributed by atoms with van der Waals surface area (Å²) in [7, 11) is 0. The highest BCUT2D eigenvalue weighted by molar-refractivity contribution is 9.10. The molecule has 0 aromatic heterocycles. The minimum Gasteiger partial charge on any atom is -0.310 e. The summed E-state index contributed by atoms with van der Waals surface area (Å²) in [6.45, 7) is 3.01. The first-order valence-electron chi connectivity index (χ1n) is 7.74. The first-order valence-corrected chi connectivity index (χ1v) is 8.53. The average molecular weight is 355 g/mol. The van der Waals surface area contributed by atoms with Crippen LogP contribution < -0.4 is 5.32 Å². The second kappa shape index (κ2) is 7.90. The quantitative estimate of drug-likeness (QED) is 0.469. The van der Waals surface area contributed by atoms with E-state index in [0.717, 1.165) is 22.5 Å². The standard InChI is InChI=1S/C16H23BrN2O2/c1-12(13-6-4-2-3-5-7-13)18-11-14-8-9-15(19(20)21)10-16(14)17/h8-10,12-13,18H,2-7,11H2,1H3/t12-/m0/s1. The largest absolute Gasteiger partial charge is 0.310 e. The molecule has 21 heavy (non-hydrogen) atoms. The highest BCUT2D eigenvalue weighted by atomic mass is 79.9. The molecule has 1 saturated carbocycles. The highest BCUT2D eigenvalue weighted by Gasteiger charge is 2.19. The van der Waals surface area contributed by atoms with Gasteiger partial charge < -0.3 is 5.32 Å². The number of benzene rings is 1. The molecule has 0 unspecified atom stereocenters. The van der Waals surface area contributed by atoms with Gasteiger partial charge in [-0.05, 0) is 37.3 Å². The molecule has 0 heterocycles. The Balaban J connectivity index is 1.91. The van der Waals surface area contributed by atoms with E-state index in [0.29, 0.717) is 6.04 Å². The zero-order valence-electron chi connectivity index (χ0n) is 12.5. The molecule has 0 radical (unpaired) electrons.